The lowest BCUT2D eigenvalue weighted by molar-refractivity contribution is 0.102. The number of amides is 1. The molecule has 0 bridgehead atoms. The van der Waals surface area contributed by atoms with Crippen molar-refractivity contribution in [1.82, 2.24) is 9.29 Å². The van der Waals surface area contributed by atoms with Gasteiger partial charge in [0.1, 0.15) is 0 Å². The monoisotopic (exact) mass is 483 g/mol. The van der Waals surface area contributed by atoms with Gasteiger partial charge in [-0.05, 0) is 75.9 Å². The zero-order chi connectivity index (χ0) is 23.8. The van der Waals surface area contributed by atoms with Gasteiger partial charge in [0.15, 0.2) is 5.13 Å². The van der Waals surface area contributed by atoms with Crippen molar-refractivity contribution in [3.05, 3.63) is 64.0 Å². The fourth-order valence-corrected chi connectivity index (χ4v) is 6.94. The lowest BCUT2D eigenvalue weighted by atomic mass is 9.98. The van der Waals surface area contributed by atoms with Gasteiger partial charge in [0, 0.05) is 29.1 Å². The first-order valence-corrected chi connectivity index (χ1v) is 13.5. The molecule has 1 atom stereocenters. The Bertz CT molecular complexity index is 1260. The van der Waals surface area contributed by atoms with Gasteiger partial charge in [-0.1, -0.05) is 24.1 Å². The van der Waals surface area contributed by atoms with Gasteiger partial charge in [-0.15, -0.1) is 11.3 Å². The number of thiazole rings is 1. The molecule has 1 N–H and O–H groups in total. The number of hydrogen-bond acceptors (Lipinski definition) is 5. The van der Waals surface area contributed by atoms with Crippen molar-refractivity contribution in [1.29, 1.82) is 0 Å². The quantitative estimate of drug-likeness (QED) is 0.516. The van der Waals surface area contributed by atoms with Gasteiger partial charge < -0.3 is 0 Å². The Labute approximate surface area is 199 Å². The maximum atomic E-state index is 13.0. The first-order chi connectivity index (χ1) is 15.7. The molecule has 0 spiro atoms. The first kappa shape index (κ1) is 23.6. The lowest BCUT2D eigenvalue weighted by Gasteiger charge is -2.32. The molecule has 2 heterocycles. The summed E-state index contributed by atoms with van der Waals surface area (Å²) < 4.78 is 27.6. The highest BCUT2D eigenvalue weighted by atomic mass is 32.2. The molecule has 4 rings (SSSR count). The highest BCUT2D eigenvalue weighted by molar-refractivity contribution is 7.89. The predicted octanol–water partition coefficient (Wildman–Crippen LogP) is 5.55. The molecule has 0 aliphatic carbocycles. The number of aromatic nitrogens is 1. The van der Waals surface area contributed by atoms with Gasteiger partial charge in [0.25, 0.3) is 5.91 Å². The molecule has 6 nitrogen and oxygen atoms in total. The van der Waals surface area contributed by atoms with Crippen molar-refractivity contribution in [3.8, 4) is 11.3 Å². The van der Waals surface area contributed by atoms with Crippen LogP contribution in [0.2, 0.25) is 0 Å². The molecule has 1 aromatic heterocycles. The van der Waals surface area contributed by atoms with Gasteiger partial charge in [0.2, 0.25) is 10.0 Å². The third-order valence-corrected chi connectivity index (χ3v) is 8.91. The van der Waals surface area contributed by atoms with Crippen LogP contribution in [0.1, 0.15) is 53.2 Å². The van der Waals surface area contributed by atoms with Crippen LogP contribution in [0.4, 0.5) is 5.13 Å². The summed E-state index contributed by atoms with van der Waals surface area (Å²) in [5, 5.41) is 5.28. The summed E-state index contributed by atoms with van der Waals surface area (Å²) in [4.78, 5) is 17.6. The highest BCUT2D eigenvalue weighted by Crippen LogP contribution is 2.31. The summed E-state index contributed by atoms with van der Waals surface area (Å²) in [5.41, 5.74) is 5.81. The summed E-state index contributed by atoms with van der Waals surface area (Å²) in [6.07, 6.45) is 2.80. The average molecular weight is 484 g/mol. The fraction of sp³-hybridized carbons (Fsp3) is 0.360. The van der Waals surface area contributed by atoms with Gasteiger partial charge in [0.05, 0.1) is 10.6 Å². The predicted molar refractivity (Wildman–Crippen MR) is 133 cm³/mol. The standard InChI is InChI=1S/C25H29N3O3S2/c1-16-13-17(2)23(18(3)14-16)22-15-32-25(26-22)27-24(29)20-8-10-21(11-9-20)33(30,31)28-12-6-5-7-19(28)4/h8-11,13-15,19H,5-7,12H2,1-4H3,(H,26,27,29)/t19-/m1/s1. The largest absolute Gasteiger partial charge is 0.298 e. The van der Waals surface area contributed by atoms with E-state index in [9.17, 15) is 13.2 Å². The smallest absolute Gasteiger partial charge is 0.257 e. The summed E-state index contributed by atoms with van der Waals surface area (Å²) >= 11 is 1.37. The molecule has 0 unspecified atom stereocenters. The number of anilines is 1. The minimum Gasteiger partial charge on any atom is -0.298 e. The first-order valence-electron chi connectivity index (χ1n) is 11.1. The summed E-state index contributed by atoms with van der Waals surface area (Å²) in [7, 11) is -3.56. The van der Waals surface area contributed by atoms with Crippen molar-refractivity contribution in [3.63, 3.8) is 0 Å². The third kappa shape index (κ3) is 4.88. The topological polar surface area (TPSA) is 79.4 Å². The van der Waals surface area contributed by atoms with Crippen molar-refractivity contribution in [2.24, 2.45) is 0 Å². The van der Waals surface area contributed by atoms with Gasteiger partial charge in [-0.25, -0.2) is 13.4 Å². The van der Waals surface area contributed by atoms with Crippen LogP contribution in [0.3, 0.4) is 0 Å². The van der Waals surface area contributed by atoms with E-state index in [1.807, 2.05) is 12.3 Å². The van der Waals surface area contributed by atoms with Crippen LogP contribution in [0.25, 0.3) is 11.3 Å². The van der Waals surface area contributed by atoms with E-state index in [1.165, 1.54) is 29.0 Å². The van der Waals surface area contributed by atoms with Crippen molar-refractivity contribution in [2.75, 3.05) is 11.9 Å². The van der Waals surface area contributed by atoms with Crippen molar-refractivity contribution in [2.45, 2.75) is 57.9 Å². The third-order valence-electron chi connectivity index (χ3n) is 6.12. The Morgan fingerprint density at radius 1 is 1.09 bits per heavy atom. The summed E-state index contributed by atoms with van der Waals surface area (Å²) in [6, 6.07) is 10.4. The molecule has 8 heteroatoms. The number of nitrogens with zero attached hydrogens (tertiary/aromatic N) is 2. The average Bonchev–Trinajstić information content (AvgIpc) is 3.21. The Hall–Kier alpha value is -2.55. The molecule has 0 radical (unpaired) electrons. The van der Waals surface area contributed by atoms with Gasteiger partial charge in [-0.3, -0.25) is 10.1 Å². The Balaban J connectivity index is 1.49. The van der Waals surface area contributed by atoms with E-state index in [0.29, 0.717) is 17.2 Å². The Kier molecular flexibility index (Phi) is 6.70. The molecule has 0 saturated carbocycles. The van der Waals surface area contributed by atoms with Gasteiger partial charge >= 0.3 is 0 Å². The van der Waals surface area contributed by atoms with E-state index in [-0.39, 0.29) is 16.8 Å². The molecule has 2 aromatic carbocycles. The zero-order valence-corrected chi connectivity index (χ0v) is 21.0. The fourth-order valence-electron chi connectivity index (χ4n) is 4.54. The molecule has 1 fully saturated rings. The van der Waals surface area contributed by atoms with E-state index in [0.717, 1.165) is 41.6 Å². The second-order valence-corrected chi connectivity index (χ2v) is 11.5. The zero-order valence-electron chi connectivity index (χ0n) is 19.4. The number of aryl methyl sites for hydroxylation is 3. The van der Waals surface area contributed by atoms with E-state index >= 15 is 0 Å². The van der Waals surface area contributed by atoms with Crippen LogP contribution in [0, 0.1) is 20.8 Å². The number of nitrogens with one attached hydrogen (secondary N) is 1. The molecule has 3 aromatic rings. The van der Waals surface area contributed by atoms with E-state index in [2.05, 4.69) is 43.2 Å². The molecule has 33 heavy (non-hydrogen) atoms. The lowest BCUT2D eigenvalue weighted by Crippen LogP contribution is -2.41. The molecule has 1 amide bonds. The van der Waals surface area contributed by atoms with Crippen molar-refractivity contribution < 1.29 is 13.2 Å². The van der Waals surface area contributed by atoms with Crippen LogP contribution in [-0.4, -0.2) is 36.2 Å². The molecular formula is C25H29N3O3S2. The second kappa shape index (κ2) is 9.37. The van der Waals surface area contributed by atoms with E-state index in [1.54, 1.807) is 16.4 Å². The van der Waals surface area contributed by atoms with Crippen LogP contribution in [-0.2, 0) is 10.0 Å². The molecule has 1 saturated heterocycles. The molecular weight excluding hydrogens is 454 g/mol. The maximum Gasteiger partial charge on any atom is 0.257 e. The van der Waals surface area contributed by atoms with Gasteiger partial charge in [-0.2, -0.15) is 4.31 Å². The minimum absolute atomic E-state index is 0.00775. The van der Waals surface area contributed by atoms with Crippen LogP contribution in [0.5, 0.6) is 0 Å². The molecule has 1 aliphatic heterocycles. The van der Waals surface area contributed by atoms with Crippen LogP contribution < -0.4 is 5.32 Å². The summed E-state index contributed by atoms with van der Waals surface area (Å²) in [6.45, 7) is 8.68. The maximum absolute atomic E-state index is 13.0. The molecule has 1 aliphatic rings. The normalized spacial score (nSPS) is 17.2. The number of carbonyl (C=O) groups is 1. The second-order valence-electron chi connectivity index (χ2n) is 8.75. The number of sulfonamides is 1. The van der Waals surface area contributed by atoms with Crippen molar-refractivity contribution >= 4 is 32.4 Å². The number of carbonyl (C=O) groups excluding carboxylic acids is 1. The Morgan fingerprint density at radius 3 is 2.39 bits per heavy atom. The van der Waals surface area contributed by atoms with E-state index in [4.69, 9.17) is 0 Å². The van der Waals surface area contributed by atoms with Crippen LogP contribution in [0.15, 0.2) is 46.7 Å². The Morgan fingerprint density at radius 2 is 1.76 bits per heavy atom. The SMILES string of the molecule is Cc1cc(C)c(-c2csc(NC(=O)c3ccc(S(=O)(=O)N4CCCC[C@H]4C)cc3)n2)c(C)c1. The van der Waals surface area contributed by atoms with Crippen LogP contribution >= 0.6 is 11.3 Å². The number of hydrogen-bond donors (Lipinski definition) is 1. The number of benzene rings is 2. The summed E-state index contributed by atoms with van der Waals surface area (Å²) in [5.74, 6) is -0.316. The highest BCUT2D eigenvalue weighted by Gasteiger charge is 2.31. The van der Waals surface area contributed by atoms with E-state index < -0.39 is 10.0 Å². The minimum atomic E-state index is -3.56. The number of rotatable bonds is 5. The molecule has 174 valence electrons. The number of piperidine rings is 1.